The third-order valence-electron chi connectivity index (χ3n) is 3.65. The van der Waals surface area contributed by atoms with Crippen molar-refractivity contribution in [1.29, 1.82) is 0 Å². The number of hydrogen-bond acceptors (Lipinski definition) is 6. The molecule has 0 saturated carbocycles. The fourth-order valence-electron chi connectivity index (χ4n) is 2.37. The number of benzene rings is 1. The monoisotopic (exact) mass is 352 g/mol. The minimum atomic E-state index is 0.139. The van der Waals surface area contributed by atoms with E-state index in [1.54, 1.807) is 7.11 Å². The van der Waals surface area contributed by atoms with E-state index in [-0.39, 0.29) is 6.04 Å². The lowest BCUT2D eigenvalue weighted by Gasteiger charge is -2.30. The van der Waals surface area contributed by atoms with Crippen LogP contribution in [-0.2, 0) is 0 Å². The molecule has 7 heteroatoms. The van der Waals surface area contributed by atoms with Gasteiger partial charge in [0.25, 0.3) is 5.89 Å². The Hall–Kier alpha value is -1.44. The summed E-state index contributed by atoms with van der Waals surface area (Å²) in [5.74, 6) is 1.95. The highest BCUT2D eigenvalue weighted by Crippen LogP contribution is 2.31. The van der Waals surface area contributed by atoms with Gasteiger partial charge in [-0.2, -0.15) is 4.98 Å². The molecule has 0 bridgehead atoms. The van der Waals surface area contributed by atoms with Crippen LogP contribution in [0.15, 0.2) is 27.2 Å². The number of rotatable bonds is 3. The molecule has 1 N–H and O–H groups in total. The molecule has 1 aromatic carbocycles. The van der Waals surface area contributed by atoms with Crippen LogP contribution in [0.5, 0.6) is 5.75 Å². The number of halogens is 1. The van der Waals surface area contributed by atoms with Crippen molar-refractivity contribution in [2.75, 3.05) is 33.8 Å². The lowest BCUT2D eigenvalue weighted by atomic mass is 10.2. The molecule has 21 heavy (non-hydrogen) atoms. The van der Waals surface area contributed by atoms with Crippen molar-refractivity contribution in [3.8, 4) is 17.2 Å². The minimum absolute atomic E-state index is 0.139. The predicted molar refractivity (Wildman–Crippen MR) is 82.2 cm³/mol. The van der Waals surface area contributed by atoms with Crippen molar-refractivity contribution in [2.45, 2.75) is 6.04 Å². The van der Waals surface area contributed by atoms with Gasteiger partial charge in [-0.25, -0.2) is 0 Å². The number of nitrogens with one attached hydrogen (secondary N) is 1. The SMILES string of the molecule is COc1ccc(Br)c(-c2nc(C3CNCCN3C)no2)c1. The van der Waals surface area contributed by atoms with E-state index in [0.717, 1.165) is 35.4 Å². The molecule has 1 unspecified atom stereocenters. The standard InChI is InChI=1S/C14H17BrN4O2/c1-19-6-5-16-8-12(19)13-17-14(21-18-13)10-7-9(20-2)3-4-11(10)15/h3-4,7,12,16H,5-6,8H2,1-2H3. The van der Waals surface area contributed by atoms with Gasteiger partial charge >= 0.3 is 0 Å². The third-order valence-corrected chi connectivity index (χ3v) is 4.35. The second-order valence-corrected chi connectivity index (χ2v) is 5.86. The van der Waals surface area contributed by atoms with Gasteiger partial charge < -0.3 is 14.6 Å². The maximum absolute atomic E-state index is 5.43. The Morgan fingerprint density at radius 1 is 1.48 bits per heavy atom. The molecule has 0 amide bonds. The summed E-state index contributed by atoms with van der Waals surface area (Å²) in [5, 5.41) is 7.48. The molecule has 1 fully saturated rings. The molecule has 1 aliphatic rings. The van der Waals surface area contributed by atoms with Gasteiger partial charge in [0.1, 0.15) is 5.75 Å². The Kier molecular flexibility index (Phi) is 4.23. The Morgan fingerprint density at radius 3 is 3.10 bits per heavy atom. The van der Waals surface area contributed by atoms with Gasteiger partial charge in [-0.3, -0.25) is 4.90 Å². The van der Waals surface area contributed by atoms with Crippen molar-refractivity contribution in [3.05, 3.63) is 28.5 Å². The molecular weight excluding hydrogens is 336 g/mol. The number of likely N-dealkylation sites (N-methyl/N-ethyl adjacent to an activating group) is 1. The summed E-state index contributed by atoms with van der Waals surface area (Å²) < 4.78 is 11.6. The number of methoxy groups -OCH3 is 1. The second kappa shape index (κ2) is 6.13. The van der Waals surface area contributed by atoms with E-state index >= 15 is 0 Å². The van der Waals surface area contributed by atoms with E-state index in [1.165, 1.54) is 0 Å². The Labute approximate surface area is 131 Å². The van der Waals surface area contributed by atoms with E-state index in [9.17, 15) is 0 Å². The fourth-order valence-corrected chi connectivity index (χ4v) is 2.79. The third kappa shape index (κ3) is 2.95. The minimum Gasteiger partial charge on any atom is -0.497 e. The highest BCUT2D eigenvalue weighted by molar-refractivity contribution is 9.10. The van der Waals surface area contributed by atoms with Crippen molar-refractivity contribution >= 4 is 15.9 Å². The largest absolute Gasteiger partial charge is 0.497 e. The van der Waals surface area contributed by atoms with E-state index in [0.29, 0.717) is 11.7 Å². The summed E-state index contributed by atoms with van der Waals surface area (Å²) in [6.45, 7) is 2.78. The van der Waals surface area contributed by atoms with Gasteiger partial charge in [-0.15, -0.1) is 0 Å². The highest BCUT2D eigenvalue weighted by atomic mass is 79.9. The lowest BCUT2D eigenvalue weighted by molar-refractivity contribution is 0.190. The van der Waals surface area contributed by atoms with Gasteiger partial charge in [0.15, 0.2) is 5.82 Å². The zero-order chi connectivity index (χ0) is 14.8. The van der Waals surface area contributed by atoms with Gasteiger partial charge in [-0.05, 0) is 41.2 Å². The van der Waals surface area contributed by atoms with E-state index < -0.39 is 0 Å². The quantitative estimate of drug-likeness (QED) is 0.912. The fraction of sp³-hybridized carbons (Fsp3) is 0.429. The van der Waals surface area contributed by atoms with Crippen LogP contribution in [0.3, 0.4) is 0 Å². The van der Waals surface area contributed by atoms with E-state index in [2.05, 4.69) is 43.3 Å². The summed E-state index contributed by atoms with van der Waals surface area (Å²) in [6, 6.07) is 5.81. The molecule has 112 valence electrons. The first-order valence-electron chi connectivity index (χ1n) is 6.77. The van der Waals surface area contributed by atoms with Crippen LogP contribution in [0.25, 0.3) is 11.5 Å². The Morgan fingerprint density at radius 2 is 2.33 bits per heavy atom. The molecule has 0 aliphatic carbocycles. The van der Waals surface area contributed by atoms with Crippen LogP contribution in [0.2, 0.25) is 0 Å². The van der Waals surface area contributed by atoms with Crippen LogP contribution in [0.4, 0.5) is 0 Å². The Bertz CT molecular complexity index is 631. The zero-order valence-electron chi connectivity index (χ0n) is 12.0. The molecule has 2 heterocycles. The molecule has 6 nitrogen and oxygen atoms in total. The lowest BCUT2D eigenvalue weighted by Crippen LogP contribution is -2.44. The Balaban J connectivity index is 1.91. The van der Waals surface area contributed by atoms with Gasteiger partial charge in [0.2, 0.25) is 0 Å². The molecule has 1 saturated heterocycles. The first-order chi connectivity index (χ1) is 10.2. The number of nitrogens with zero attached hydrogens (tertiary/aromatic N) is 3. The summed E-state index contributed by atoms with van der Waals surface area (Å²) in [5.41, 5.74) is 0.833. The summed E-state index contributed by atoms with van der Waals surface area (Å²) >= 11 is 3.51. The highest BCUT2D eigenvalue weighted by Gasteiger charge is 2.26. The van der Waals surface area contributed by atoms with Gasteiger partial charge in [0, 0.05) is 24.1 Å². The topological polar surface area (TPSA) is 63.4 Å². The molecule has 3 rings (SSSR count). The van der Waals surface area contributed by atoms with Crippen molar-refractivity contribution in [2.24, 2.45) is 0 Å². The summed E-state index contributed by atoms with van der Waals surface area (Å²) in [7, 11) is 3.71. The number of piperazine rings is 1. The number of aromatic nitrogens is 2. The number of hydrogen-bond donors (Lipinski definition) is 1. The smallest absolute Gasteiger partial charge is 0.259 e. The molecule has 2 aromatic rings. The van der Waals surface area contributed by atoms with Crippen molar-refractivity contribution < 1.29 is 9.26 Å². The zero-order valence-corrected chi connectivity index (χ0v) is 13.6. The molecule has 1 aliphatic heterocycles. The normalized spacial score (nSPS) is 19.7. The van der Waals surface area contributed by atoms with Gasteiger partial charge in [0.05, 0.1) is 18.7 Å². The maximum Gasteiger partial charge on any atom is 0.259 e. The summed E-state index contributed by atoms with van der Waals surface area (Å²) in [4.78, 5) is 6.77. The first-order valence-corrected chi connectivity index (χ1v) is 7.57. The van der Waals surface area contributed by atoms with E-state index in [1.807, 2.05) is 18.2 Å². The summed E-state index contributed by atoms with van der Waals surface area (Å²) in [6.07, 6.45) is 0. The molecule has 1 atom stereocenters. The molecular formula is C14H17BrN4O2. The maximum atomic E-state index is 5.43. The van der Waals surface area contributed by atoms with Crippen molar-refractivity contribution in [1.82, 2.24) is 20.4 Å². The predicted octanol–water partition coefficient (Wildman–Crippen LogP) is 2.08. The van der Waals surface area contributed by atoms with E-state index in [4.69, 9.17) is 9.26 Å². The van der Waals surface area contributed by atoms with Crippen LogP contribution in [0, 0.1) is 0 Å². The van der Waals surface area contributed by atoms with Crippen LogP contribution < -0.4 is 10.1 Å². The van der Waals surface area contributed by atoms with Crippen LogP contribution in [-0.4, -0.2) is 48.8 Å². The molecule has 1 aromatic heterocycles. The first kappa shape index (κ1) is 14.5. The van der Waals surface area contributed by atoms with Crippen LogP contribution >= 0.6 is 15.9 Å². The molecule has 0 spiro atoms. The average Bonchev–Trinajstić information content (AvgIpc) is 2.97. The van der Waals surface area contributed by atoms with Gasteiger partial charge in [-0.1, -0.05) is 5.16 Å². The second-order valence-electron chi connectivity index (χ2n) is 5.00. The average molecular weight is 353 g/mol. The number of ether oxygens (including phenoxy) is 1. The molecule has 0 radical (unpaired) electrons. The van der Waals surface area contributed by atoms with Crippen LogP contribution in [0.1, 0.15) is 11.9 Å². The van der Waals surface area contributed by atoms with Crippen molar-refractivity contribution in [3.63, 3.8) is 0 Å².